The molecule has 1 amide bonds. The minimum Gasteiger partial charge on any atom is -0.355 e. The van der Waals surface area contributed by atoms with Gasteiger partial charge in [-0.3, -0.25) is 4.79 Å². The first-order chi connectivity index (χ1) is 12.4. The van der Waals surface area contributed by atoms with Gasteiger partial charge in [-0.15, -0.1) is 0 Å². The number of rotatable bonds is 2. The van der Waals surface area contributed by atoms with E-state index in [-0.39, 0.29) is 17.4 Å². The Kier molecular flexibility index (Phi) is 4.21. The predicted molar refractivity (Wildman–Crippen MR) is 108 cm³/mol. The van der Waals surface area contributed by atoms with Crippen molar-refractivity contribution in [3.63, 3.8) is 0 Å². The lowest BCUT2D eigenvalue weighted by Gasteiger charge is -2.43. The number of amides is 1. The van der Waals surface area contributed by atoms with E-state index in [2.05, 4.69) is 67.9 Å². The zero-order valence-electron chi connectivity index (χ0n) is 16.4. The largest absolute Gasteiger partial charge is 0.355 e. The second kappa shape index (κ2) is 6.29. The summed E-state index contributed by atoms with van der Waals surface area (Å²) in [5.74, 6) is 0.893. The summed E-state index contributed by atoms with van der Waals surface area (Å²) < 4.78 is 0. The standard InChI is InChI=1S/C23H30N2O/c1-15(2)21-23(3,4)20-17-11-7-8-12-18(17)24-19(20)13-14-25(21)22(26)16-9-5-6-10-16/h7-8,11-16,21,24H,5-6,9-10H2,1-4H3. The molecule has 1 aromatic carbocycles. The summed E-state index contributed by atoms with van der Waals surface area (Å²) in [4.78, 5) is 19.0. The van der Waals surface area contributed by atoms with Crippen LogP contribution in [0, 0.1) is 11.8 Å². The summed E-state index contributed by atoms with van der Waals surface area (Å²) >= 11 is 0. The molecule has 4 rings (SSSR count). The third kappa shape index (κ3) is 2.60. The Bertz CT molecular complexity index is 852. The van der Waals surface area contributed by atoms with Crippen molar-refractivity contribution in [2.75, 3.05) is 0 Å². The molecule has 1 N–H and O–H groups in total. The molecule has 2 aromatic rings. The number of aromatic amines is 1. The number of aromatic nitrogens is 1. The van der Waals surface area contributed by atoms with Crippen LogP contribution in [-0.4, -0.2) is 21.8 Å². The highest BCUT2D eigenvalue weighted by Crippen LogP contribution is 2.44. The van der Waals surface area contributed by atoms with E-state index in [1.54, 1.807) is 0 Å². The monoisotopic (exact) mass is 350 g/mol. The van der Waals surface area contributed by atoms with Gasteiger partial charge in [-0.05, 0) is 36.5 Å². The van der Waals surface area contributed by atoms with Gasteiger partial charge in [-0.25, -0.2) is 0 Å². The van der Waals surface area contributed by atoms with Crippen molar-refractivity contribution in [3.8, 4) is 0 Å². The van der Waals surface area contributed by atoms with Crippen LogP contribution in [0.5, 0.6) is 0 Å². The van der Waals surface area contributed by atoms with Crippen molar-refractivity contribution in [1.29, 1.82) is 0 Å². The minimum absolute atomic E-state index is 0.138. The van der Waals surface area contributed by atoms with Gasteiger partial charge in [0.25, 0.3) is 0 Å². The fraction of sp³-hybridized carbons (Fsp3) is 0.522. The maximum absolute atomic E-state index is 13.4. The van der Waals surface area contributed by atoms with Crippen LogP contribution in [0.2, 0.25) is 0 Å². The average molecular weight is 351 g/mol. The third-order valence-electron chi connectivity index (χ3n) is 6.41. The van der Waals surface area contributed by atoms with E-state index in [0.29, 0.717) is 11.8 Å². The first-order valence-corrected chi connectivity index (χ1v) is 10.0. The molecule has 2 aliphatic rings. The highest BCUT2D eigenvalue weighted by Gasteiger charge is 2.44. The van der Waals surface area contributed by atoms with Gasteiger partial charge in [0.1, 0.15) is 0 Å². The number of H-pyrrole nitrogens is 1. The molecule has 1 aliphatic carbocycles. The van der Waals surface area contributed by atoms with Crippen LogP contribution < -0.4 is 0 Å². The molecule has 2 heterocycles. The molecule has 0 radical (unpaired) electrons. The van der Waals surface area contributed by atoms with E-state index in [9.17, 15) is 4.79 Å². The Morgan fingerprint density at radius 3 is 2.58 bits per heavy atom. The van der Waals surface area contributed by atoms with E-state index in [1.165, 1.54) is 29.3 Å². The number of hydrogen-bond donors (Lipinski definition) is 1. The molecule has 138 valence electrons. The molecule has 3 nitrogen and oxygen atoms in total. The Balaban J connectivity index is 1.85. The van der Waals surface area contributed by atoms with Crippen LogP contribution in [0.4, 0.5) is 0 Å². The van der Waals surface area contributed by atoms with Crippen molar-refractivity contribution in [2.24, 2.45) is 11.8 Å². The first kappa shape index (κ1) is 17.4. The van der Waals surface area contributed by atoms with Crippen LogP contribution in [-0.2, 0) is 10.2 Å². The number of fused-ring (bicyclic) bond motifs is 3. The minimum atomic E-state index is -0.138. The van der Waals surface area contributed by atoms with Crippen LogP contribution >= 0.6 is 0 Å². The zero-order chi connectivity index (χ0) is 18.5. The molecular weight excluding hydrogens is 320 g/mol. The van der Waals surface area contributed by atoms with Crippen LogP contribution in [0.1, 0.15) is 64.6 Å². The Morgan fingerprint density at radius 1 is 1.19 bits per heavy atom. The molecule has 1 atom stereocenters. The molecule has 26 heavy (non-hydrogen) atoms. The van der Waals surface area contributed by atoms with Crippen molar-refractivity contribution >= 4 is 22.9 Å². The molecule has 0 spiro atoms. The first-order valence-electron chi connectivity index (χ1n) is 10.0. The number of nitrogens with zero attached hydrogens (tertiary/aromatic N) is 1. The number of nitrogens with one attached hydrogen (secondary N) is 1. The summed E-state index contributed by atoms with van der Waals surface area (Å²) in [5.41, 5.74) is 3.52. The van der Waals surface area contributed by atoms with Gasteiger partial charge in [0.2, 0.25) is 5.91 Å². The number of para-hydroxylation sites is 1. The zero-order valence-corrected chi connectivity index (χ0v) is 16.4. The highest BCUT2D eigenvalue weighted by atomic mass is 16.2. The van der Waals surface area contributed by atoms with E-state index in [4.69, 9.17) is 0 Å². The SMILES string of the molecule is CC(C)C1N(C(=O)C2CCCC2)C=Cc2[nH]c3ccccc3c2C1(C)C. The summed E-state index contributed by atoms with van der Waals surface area (Å²) in [6.45, 7) is 9.10. The van der Waals surface area contributed by atoms with Gasteiger partial charge < -0.3 is 9.88 Å². The second-order valence-corrected chi connectivity index (χ2v) is 8.91. The Labute approximate surface area is 156 Å². The topological polar surface area (TPSA) is 36.1 Å². The van der Waals surface area contributed by atoms with Crippen molar-refractivity contribution in [3.05, 3.63) is 41.7 Å². The fourth-order valence-corrected chi connectivity index (χ4v) is 5.47. The number of carbonyl (C=O) groups excluding carboxylic acids is 1. The highest BCUT2D eigenvalue weighted by molar-refractivity contribution is 5.90. The molecule has 1 unspecified atom stereocenters. The molecule has 1 saturated carbocycles. The number of hydrogen-bond acceptors (Lipinski definition) is 1. The number of carbonyl (C=O) groups is 1. The maximum Gasteiger partial charge on any atom is 0.229 e. The summed E-state index contributed by atoms with van der Waals surface area (Å²) in [5, 5.41) is 1.28. The number of benzene rings is 1. The molecule has 3 heteroatoms. The lowest BCUT2D eigenvalue weighted by molar-refractivity contribution is -0.136. The van der Waals surface area contributed by atoms with Gasteiger partial charge in [-0.1, -0.05) is 58.7 Å². The van der Waals surface area contributed by atoms with Crippen LogP contribution in [0.25, 0.3) is 17.0 Å². The third-order valence-corrected chi connectivity index (χ3v) is 6.41. The molecule has 0 saturated heterocycles. The Hall–Kier alpha value is -2.03. The van der Waals surface area contributed by atoms with Crippen LogP contribution in [0.15, 0.2) is 30.5 Å². The summed E-state index contributed by atoms with van der Waals surface area (Å²) in [7, 11) is 0. The summed E-state index contributed by atoms with van der Waals surface area (Å²) in [6, 6.07) is 8.66. The van der Waals surface area contributed by atoms with Crippen LogP contribution in [0.3, 0.4) is 0 Å². The fourth-order valence-electron chi connectivity index (χ4n) is 5.47. The van der Waals surface area contributed by atoms with Crippen molar-refractivity contribution in [1.82, 2.24) is 9.88 Å². The second-order valence-electron chi connectivity index (χ2n) is 8.91. The molecule has 1 aliphatic heterocycles. The normalized spacial score (nSPS) is 22.8. The van der Waals surface area contributed by atoms with Crippen molar-refractivity contribution < 1.29 is 4.79 Å². The molecule has 1 fully saturated rings. The van der Waals surface area contributed by atoms with Gasteiger partial charge >= 0.3 is 0 Å². The quantitative estimate of drug-likeness (QED) is 0.765. The molecular formula is C23H30N2O. The molecule has 0 bridgehead atoms. The van der Waals surface area contributed by atoms with E-state index >= 15 is 0 Å². The lowest BCUT2D eigenvalue weighted by Crippen LogP contribution is -2.51. The van der Waals surface area contributed by atoms with Gasteiger partial charge in [0.05, 0.1) is 0 Å². The predicted octanol–water partition coefficient (Wildman–Crippen LogP) is 5.47. The lowest BCUT2D eigenvalue weighted by atomic mass is 9.72. The molecule has 1 aromatic heterocycles. The van der Waals surface area contributed by atoms with E-state index in [1.807, 2.05) is 6.20 Å². The average Bonchev–Trinajstić information content (AvgIpc) is 3.22. The summed E-state index contributed by atoms with van der Waals surface area (Å²) in [6.07, 6.45) is 8.63. The Morgan fingerprint density at radius 2 is 1.88 bits per heavy atom. The van der Waals surface area contributed by atoms with E-state index in [0.717, 1.165) is 18.5 Å². The van der Waals surface area contributed by atoms with Crippen molar-refractivity contribution in [2.45, 2.75) is 64.8 Å². The maximum atomic E-state index is 13.4. The van der Waals surface area contributed by atoms with Gasteiger partial charge in [0.15, 0.2) is 0 Å². The van der Waals surface area contributed by atoms with Gasteiger partial charge in [0, 0.05) is 40.2 Å². The van der Waals surface area contributed by atoms with E-state index < -0.39 is 0 Å². The van der Waals surface area contributed by atoms with Gasteiger partial charge in [-0.2, -0.15) is 0 Å². The smallest absolute Gasteiger partial charge is 0.229 e.